The number of carboxylic acids is 1. The molecule has 5 heteroatoms. The Morgan fingerprint density at radius 3 is 2.16 bits per heavy atom. The van der Waals surface area contributed by atoms with Crippen LogP contribution in [0.1, 0.15) is 37.5 Å². The minimum absolute atomic E-state index is 0.0545. The lowest BCUT2D eigenvalue weighted by atomic mass is 9.84. The minimum atomic E-state index is -0.930. The van der Waals surface area contributed by atoms with Crippen molar-refractivity contribution in [2.75, 3.05) is 0 Å². The van der Waals surface area contributed by atoms with Gasteiger partial charge in [0.25, 0.3) is 0 Å². The van der Waals surface area contributed by atoms with Gasteiger partial charge in [-0.15, -0.1) is 0 Å². The molecule has 4 nitrogen and oxygen atoms in total. The highest BCUT2D eigenvalue weighted by molar-refractivity contribution is 9.10. The maximum absolute atomic E-state index is 11.1. The maximum atomic E-state index is 11.1. The first-order chi connectivity index (χ1) is 8.61. The van der Waals surface area contributed by atoms with E-state index in [0.717, 1.165) is 10.0 Å². The summed E-state index contributed by atoms with van der Waals surface area (Å²) in [6.45, 7) is 6.16. The number of nitrogens with two attached hydrogens (primary N) is 1. The molecule has 0 aliphatic heterocycles. The molecule has 0 unspecified atom stereocenters. The van der Waals surface area contributed by atoms with Crippen LogP contribution in [0.25, 0.3) is 0 Å². The molecule has 104 valence electrons. The summed E-state index contributed by atoms with van der Waals surface area (Å²) in [5.74, 6) is -1.39. The molecule has 0 fully saturated rings. The number of carboxylic acid groups (broad SMARTS) is 1. The quantitative estimate of drug-likeness (QED) is 0.891. The number of halogens is 1. The molecule has 1 aromatic rings. The standard InChI is InChI=1S/C14H18BrNO3/c1-14(2,3)10-4-8(6-12(16)17)9(5-11(10)15)7-13(18)19/h4-5H,6-7H2,1-3H3,(H2,16,17)(H,18,19). The Hall–Kier alpha value is -1.36. The smallest absolute Gasteiger partial charge is 0.307 e. The number of aliphatic carboxylic acids is 1. The van der Waals surface area contributed by atoms with E-state index >= 15 is 0 Å². The zero-order valence-electron chi connectivity index (χ0n) is 11.3. The molecular weight excluding hydrogens is 310 g/mol. The lowest BCUT2D eigenvalue weighted by Crippen LogP contribution is -2.18. The van der Waals surface area contributed by atoms with Gasteiger partial charge in [-0.1, -0.05) is 42.8 Å². The number of hydrogen-bond acceptors (Lipinski definition) is 2. The number of carbonyl (C=O) groups is 2. The predicted molar refractivity (Wildman–Crippen MR) is 77.1 cm³/mol. The first-order valence-corrected chi connectivity index (χ1v) is 6.72. The Morgan fingerprint density at radius 1 is 1.21 bits per heavy atom. The van der Waals surface area contributed by atoms with Gasteiger partial charge in [-0.05, 0) is 28.2 Å². The van der Waals surface area contributed by atoms with Crippen LogP contribution in [0.5, 0.6) is 0 Å². The third kappa shape index (κ3) is 4.35. The molecule has 1 rings (SSSR count). The summed E-state index contributed by atoms with van der Waals surface area (Å²) in [5.41, 5.74) is 7.45. The van der Waals surface area contributed by atoms with Crippen LogP contribution >= 0.6 is 15.9 Å². The van der Waals surface area contributed by atoms with Gasteiger partial charge in [-0.3, -0.25) is 9.59 Å². The van der Waals surface area contributed by atoms with E-state index in [9.17, 15) is 9.59 Å². The van der Waals surface area contributed by atoms with Gasteiger partial charge in [0.2, 0.25) is 5.91 Å². The second kappa shape index (κ2) is 5.74. The first-order valence-electron chi connectivity index (χ1n) is 5.93. The molecule has 0 heterocycles. The van der Waals surface area contributed by atoms with Crippen LogP contribution in [0.3, 0.4) is 0 Å². The highest BCUT2D eigenvalue weighted by atomic mass is 79.9. The lowest BCUT2D eigenvalue weighted by molar-refractivity contribution is -0.136. The van der Waals surface area contributed by atoms with Crippen molar-refractivity contribution in [1.82, 2.24) is 0 Å². The number of rotatable bonds is 4. The van der Waals surface area contributed by atoms with Gasteiger partial charge in [0.15, 0.2) is 0 Å². The summed E-state index contributed by atoms with van der Waals surface area (Å²) in [7, 11) is 0. The van der Waals surface area contributed by atoms with E-state index in [1.165, 1.54) is 0 Å². The average molecular weight is 328 g/mol. The van der Waals surface area contributed by atoms with Crippen LogP contribution in [0.4, 0.5) is 0 Å². The molecule has 19 heavy (non-hydrogen) atoms. The van der Waals surface area contributed by atoms with E-state index in [1.807, 2.05) is 6.07 Å². The third-order valence-electron chi connectivity index (χ3n) is 2.80. The van der Waals surface area contributed by atoms with Gasteiger partial charge in [0, 0.05) is 4.47 Å². The van der Waals surface area contributed by atoms with E-state index in [-0.39, 0.29) is 18.3 Å². The van der Waals surface area contributed by atoms with Crippen molar-refractivity contribution < 1.29 is 14.7 Å². The molecule has 0 radical (unpaired) electrons. The fourth-order valence-corrected chi connectivity index (χ4v) is 2.90. The van der Waals surface area contributed by atoms with Crippen LogP contribution in [0.2, 0.25) is 0 Å². The Bertz CT molecular complexity index is 518. The Kier molecular flexibility index (Phi) is 4.74. The van der Waals surface area contributed by atoms with Crippen LogP contribution in [-0.4, -0.2) is 17.0 Å². The summed E-state index contributed by atoms with van der Waals surface area (Å²) in [4.78, 5) is 22.0. The topological polar surface area (TPSA) is 80.4 Å². The van der Waals surface area contributed by atoms with Crippen molar-refractivity contribution in [3.05, 3.63) is 33.3 Å². The van der Waals surface area contributed by atoms with Crippen molar-refractivity contribution in [2.24, 2.45) is 5.73 Å². The zero-order chi connectivity index (χ0) is 14.8. The third-order valence-corrected chi connectivity index (χ3v) is 3.46. The second-order valence-electron chi connectivity index (χ2n) is 5.56. The van der Waals surface area contributed by atoms with Crippen LogP contribution < -0.4 is 5.73 Å². The van der Waals surface area contributed by atoms with Crippen molar-refractivity contribution in [3.63, 3.8) is 0 Å². The van der Waals surface area contributed by atoms with Gasteiger partial charge in [0.1, 0.15) is 0 Å². The summed E-state index contributed by atoms with van der Waals surface area (Å²) >= 11 is 3.46. The predicted octanol–water partition coefficient (Wildman–Crippen LogP) is 2.40. The van der Waals surface area contributed by atoms with E-state index in [1.54, 1.807) is 6.07 Å². The number of amides is 1. The number of primary amides is 1. The number of benzene rings is 1. The van der Waals surface area contributed by atoms with Gasteiger partial charge in [-0.2, -0.15) is 0 Å². The molecule has 0 saturated carbocycles. The van der Waals surface area contributed by atoms with Gasteiger partial charge in [0.05, 0.1) is 12.8 Å². The van der Waals surface area contributed by atoms with Crippen molar-refractivity contribution in [3.8, 4) is 0 Å². The number of hydrogen-bond donors (Lipinski definition) is 2. The van der Waals surface area contributed by atoms with Crippen molar-refractivity contribution in [1.29, 1.82) is 0 Å². The van der Waals surface area contributed by atoms with Gasteiger partial charge >= 0.3 is 5.97 Å². The zero-order valence-corrected chi connectivity index (χ0v) is 12.9. The average Bonchev–Trinajstić information content (AvgIpc) is 2.18. The SMILES string of the molecule is CC(C)(C)c1cc(CC(N)=O)c(CC(=O)O)cc1Br. The molecular formula is C14H18BrNO3. The summed E-state index contributed by atoms with van der Waals surface area (Å²) in [6, 6.07) is 3.64. The van der Waals surface area contributed by atoms with Gasteiger partial charge in [-0.25, -0.2) is 0 Å². The Balaban J connectivity index is 3.36. The maximum Gasteiger partial charge on any atom is 0.307 e. The van der Waals surface area contributed by atoms with E-state index in [2.05, 4.69) is 36.7 Å². The normalized spacial score (nSPS) is 11.4. The molecule has 0 atom stereocenters. The molecule has 0 aromatic heterocycles. The second-order valence-corrected chi connectivity index (χ2v) is 6.42. The van der Waals surface area contributed by atoms with E-state index in [4.69, 9.17) is 10.8 Å². The fourth-order valence-electron chi connectivity index (χ4n) is 1.91. The molecule has 1 amide bonds. The molecule has 0 saturated heterocycles. The molecule has 1 aromatic carbocycles. The molecule has 0 aliphatic carbocycles. The summed E-state index contributed by atoms with van der Waals surface area (Å²) in [5, 5.41) is 8.91. The Labute approximate surface area is 121 Å². The molecule has 0 bridgehead atoms. The lowest BCUT2D eigenvalue weighted by Gasteiger charge is -2.23. The first kappa shape index (κ1) is 15.7. The van der Waals surface area contributed by atoms with E-state index < -0.39 is 11.9 Å². The minimum Gasteiger partial charge on any atom is -0.481 e. The summed E-state index contributed by atoms with van der Waals surface area (Å²) < 4.78 is 0.851. The molecule has 0 aliphatic rings. The number of carbonyl (C=O) groups excluding carboxylic acids is 1. The van der Waals surface area contributed by atoms with Crippen LogP contribution in [0, 0.1) is 0 Å². The Morgan fingerprint density at radius 2 is 1.74 bits per heavy atom. The fraction of sp³-hybridized carbons (Fsp3) is 0.429. The van der Waals surface area contributed by atoms with E-state index in [0.29, 0.717) is 11.1 Å². The van der Waals surface area contributed by atoms with Crippen molar-refractivity contribution in [2.45, 2.75) is 39.0 Å². The monoisotopic (exact) mass is 327 g/mol. The largest absolute Gasteiger partial charge is 0.481 e. The highest BCUT2D eigenvalue weighted by Crippen LogP contribution is 2.32. The molecule has 0 spiro atoms. The van der Waals surface area contributed by atoms with Gasteiger partial charge < -0.3 is 10.8 Å². The molecule has 3 N–H and O–H groups in total. The van der Waals surface area contributed by atoms with Crippen molar-refractivity contribution >= 4 is 27.8 Å². The van der Waals surface area contributed by atoms with Crippen LogP contribution in [0.15, 0.2) is 16.6 Å². The van der Waals surface area contributed by atoms with Crippen LogP contribution in [-0.2, 0) is 27.8 Å². The summed E-state index contributed by atoms with van der Waals surface area (Å²) in [6.07, 6.45) is -0.0649. The highest BCUT2D eigenvalue weighted by Gasteiger charge is 2.20.